The zero-order chi connectivity index (χ0) is 12.4. The maximum atomic E-state index is 10.9. The van der Waals surface area contributed by atoms with Gasteiger partial charge in [0.05, 0.1) is 5.69 Å². The average Bonchev–Trinajstić information content (AvgIpc) is 2.77. The number of aldehydes is 1. The first-order valence-corrected chi connectivity index (χ1v) is 4.82. The van der Waals surface area contributed by atoms with Crippen LogP contribution >= 0.6 is 0 Å². The third kappa shape index (κ3) is 1.90. The lowest BCUT2D eigenvalue weighted by atomic mass is 10.1. The standard InChI is InChI=1S/C12H9NO4/c14-7-9-2-1-5-13(9)8-3-4-11(15)10(6-8)12(16)17/h1-7,15H,(H,16,17). The molecule has 1 aromatic carbocycles. The van der Waals surface area contributed by atoms with Gasteiger partial charge in [0.25, 0.3) is 0 Å². The fourth-order valence-corrected chi connectivity index (χ4v) is 1.57. The molecule has 0 radical (unpaired) electrons. The van der Waals surface area contributed by atoms with E-state index in [0.29, 0.717) is 17.7 Å². The van der Waals surface area contributed by atoms with Gasteiger partial charge in [-0.1, -0.05) is 0 Å². The SMILES string of the molecule is O=Cc1cccn1-c1ccc(O)c(C(=O)O)c1. The van der Waals surface area contributed by atoms with Crippen LogP contribution in [0.5, 0.6) is 5.75 Å². The van der Waals surface area contributed by atoms with Gasteiger partial charge in [0.1, 0.15) is 11.3 Å². The lowest BCUT2D eigenvalue weighted by Crippen LogP contribution is -2.02. The molecule has 86 valence electrons. The van der Waals surface area contributed by atoms with Crippen LogP contribution in [0.15, 0.2) is 36.5 Å². The van der Waals surface area contributed by atoms with Gasteiger partial charge in [-0.15, -0.1) is 0 Å². The van der Waals surface area contributed by atoms with Gasteiger partial charge in [0.2, 0.25) is 0 Å². The van der Waals surface area contributed by atoms with Crippen molar-refractivity contribution >= 4 is 12.3 Å². The molecule has 2 aromatic rings. The summed E-state index contributed by atoms with van der Waals surface area (Å²) in [6.45, 7) is 0. The van der Waals surface area contributed by atoms with Gasteiger partial charge in [0, 0.05) is 11.9 Å². The minimum absolute atomic E-state index is 0.201. The Labute approximate surface area is 96.5 Å². The van der Waals surface area contributed by atoms with Crippen molar-refractivity contribution in [3.8, 4) is 11.4 Å². The lowest BCUT2D eigenvalue weighted by Gasteiger charge is -2.07. The van der Waals surface area contributed by atoms with Crippen molar-refractivity contribution in [2.75, 3.05) is 0 Å². The summed E-state index contributed by atoms with van der Waals surface area (Å²) in [5.41, 5.74) is 0.715. The van der Waals surface area contributed by atoms with Crippen molar-refractivity contribution in [1.82, 2.24) is 4.57 Å². The van der Waals surface area contributed by atoms with Crippen LogP contribution in [0.2, 0.25) is 0 Å². The minimum atomic E-state index is -1.22. The van der Waals surface area contributed by atoms with E-state index in [2.05, 4.69) is 0 Å². The number of aromatic hydroxyl groups is 1. The van der Waals surface area contributed by atoms with Crippen LogP contribution in [-0.4, -0.2) is 27.0 Å². The van der Waals surface area contributed by atoms with Crippen LogP contribution < -0.4 is 0 Å². The van der Waals surface area contributed by atoms with E-state index in [-0.39, 0.29) is 11.3 Å². The normalized spacial score (nSPS) is 10.1. The number of nitrogens with zero attached hydrogens (tertiary/aromatic N) is 1. The Bertz CT molecular complexity index is 586. The van der Waals surface area contributed by atoms with E-state index >= 15 is 0 Å². The molecule has 0 aliphatic heterocycles. The zero-order valence-corrected chi connectivity index (χ0v) is 8.70. The molecule has 0 aliphatic carbocycles. The molecule has 0 saturated carbocycles. The molecular formula is C12H9NO4. The van der Waals surface area contributed by atoms with Crippen molar-refractivity contribution in [1.29, 1.82) is 0 Å². The van der Waals surface area contributed by atoms with Gasteiger partial charge < -0.3 is 14.8 Å². The van der Waals surface area contributed by atoms with E-state index in [0.717, 1.165) is 0 Å². The summed E-state index contributed by atoms with van der Waals surface area (Å²) in [5, 5.41) is 18.2. The fourth-order valence-electron chi connectivity index (χ4n) is 1.57. The molecule has 17 heavy (non-hydrogen) atoms. The molecule has 1 heterocycles. The minimum Gasteiger partial charge on any atom is -0.507 e. The largest absolute Gasteiger partial charge is 0.507 e. The number of aromatic carboxylic acids is 1. The molecular weight excluding hydrogens is 222 g/mol. The van der Waals surface area contributed by atoms with Crippen LogP contribution in [0.1, 0.15) is 20.8 Å². The topological polar surface area (TPSA) is 79.5 Å². The maximum absolute atomic E-state index is 10.9. The van der Waals surface area contributed by atoms with E-state index < -0.39 is 5.97 Å². The second-order valence-corrected chi connectivity index (χ2v) is 3.43. The predicted molar refractivity (Wildman–Crippen MR) is 59.8 cm³/mol. The van der Waals surface area contributed by atoms with Crippen molar-refractivity contribution in [2.24, 2.45) is 0 Å². The van der Waals surface area contributed by atoms with Crippen LogP contribution in [0.25, 0.3) is 5.69 Å². The van der Waals surface area contributed by atoms with E-state index in [1.54, 1.807) is 22.9 Å². The Kier molecular flexibility index (Phi) is 2.66. The first kappa shape index (κ1) is 10.9. The number of rotatable bonds is 3. The van der Waals surface area contributed by atoms with Crippen molar-refractivity contribution in [3.05, 3.63) is 47.8 Å². The van der Waals surface area contributed by atoms with Crippen molar-refractivity contribution in [3.63, 3.8) is 0 Å². The van der Waals surface area contributed by atoms with Gasteiger partial charge >= 0.3 is 5.97 Å². The van der Waals surface area contributed by atoms with E-state index in [9.17, 15) is 14.7 Å². The molecule has 0 spiro atoms. The highest BCUT2D eigenvalue weighted by Gasteiger charge is 2.11. The Morgan fingerprint density at radius 1 is 1.29 bits per heavy atom. The molecule has 0 aliphatic rings. The summed E-state index contributed by atoms with van der Waals surface area (Å²) in [5.74, 6) is -1.52. The third-order valence-corrected chi connectivity index (χ3v) is 2.39. The molecule has 5 heteroatoms. The lowest BCUT2D eigenvalue weighted by molar-refractivity contribution is 0.0693. The average molecular weight is 231 g/mol. The number of carbonyl (C=O) groups is 2. The summed E-state index contributed by atoms with van der Waals surface area (Å²) in [4.78, 5) is 21.6. The van der Waals surface area contributed by atoms with Gasteiger partial charge in [0.15, 0.2) is 6.29 Å². The first-order valence-electron chi connectivity index (χ1n) is 4.82. The molecule has 2 rings (SSSR count). The van der Waals surface area contributed by atoms with E-state index in [4.69, 9.17) is 5.11 Å². The number of aromatic nitrogens is 1. The fraction of sp³-hybridized carbons (Fsp3) is 0. The number of phenols is 1. The highest BCUT2D eigenvalue weighted by molar-refractivity contribution is 5.91. The number of benzene rings is 1. The number of carboxylic acids is 1. The quantitative estimate of drug-likeness (QED) is 0.788. The monoisotopic (exact) mass is 231 g/mol. The maximum Gasteiger partial charge on any atom is 0.339 e. The first-order chi connectivity index (χ1) is 8.13. The number of hydrogen-bond acceptors (Lipinski definition) is 3. The van der Waals surface area contributed by atoms with E-state index in [1.165, 1.54) is 18.2 Å². The van der Waals surface area contributed by atoms with Crippen molar-refractivity contribution in [2.45, 2.75) is 0 Å². The molecule has 5 nitrogen and oxygen atoms in total. The second-order valence-electron chi connectivity index (χ2n) is 3.43. The Balaban J connectivity index is 2.57. The molecule has 1 aromatic heterocycles. The van der Waals surface area contributed by atoms with Crippen LogP contribution in [0.4, 0.5) is 0 Å². The van der Waals surface area contributed by atoms with Gasteiger partial charge in [-0.3, -0.25) is 4.79 Å². The molecule has 0 bridgehead atoms. The Morgan fingerprint density at radius 3 is 2.71 bits per heavy atom. The second kappa shape index (κ2) is 4.13. The third-order valence-electron chi connectivity index (χ3n) is 2.39. The molecule has 2 N–H and O–H groups in total. The molecule has 0 fully saturated rings. The van der Waals surface area contributed by atoms with Crippen LogP contribution in [0, 0.1) is 0 Å². The van der Waals surface area contributed by atoms with E-state index in [1.807, 2.05) is 0 Å². The predicted octanol–water partition coefficient (Wildman–Crippen LogP) is 1.69. The van der Waals surface area contributed by atoms with Gasteiger partial charge in [-0.2, -0.15) is 0 Å². The Hall–Kier alpha value is -2.56. The summed E-state index contributed by atoms with van der Waals surface area (Å²) in [6.07, 6.45) is 2.31. The zero-order valence-electron chi connectivity index (χ0n) is 8.70. The molecule has 0 amide bonds. The molecule has 0 atom stereocenters. The summed E-state index contributed by atoms with van der Waals surface area (Å²) >= 11 is 0. The Morgan fingerprint density at radius 2 is 2.06 bits per heavy atom. The van der Waals surface area contributed by atoms with Crippen LogP contribution in [-0.2, 0) is 0 Å². The number of hydrogen-bond donors (Lipinski definition) is 2. The van der Waals surface area contributed by atoms with Gasteiger partial charge in [-0.05, 0) is 30.3 Å². The summed E-state index contributed by atoms with van der Waals surface area (Å²) < 4.78 is 1.54. The molecule has 0 saturated heterocycles. The number of carboxylic acid groups (broad SMARTS) is 1. The highest BCUT2D eigenvalue weighted by Crippen LogP contribution is 2.21. The molecule has 0 unspecified atom stereocenters. The highest BCUT2D eigenvalue weighted by atomic mass is 16.4. The summed E-state index contributed by atoms with van der Waals surface area (Å²) in [6, 6.07) is 7.42. The van der Waals surface area contributed by atoms with Crippen LogP contribution in [0.3, 0.4) is 0 Å². The smallest absolute Gasteiger partial charge is 0.339 e. The summed E-state index contributed by atoms with van der Waals surface area (Å²) in [7, 11) is 0. The van der Waals surface area contributed by atoms with Crippen molar-refractivity contribution < 1.29 is 19.8 Å². The number of carbonyl (C=O) groups excluding carboxylic acids is 1. The van der Waals surface area contributed by atoms with Gasteiger partial charge in [-0.25, -0.2) is 4.79 Å².